The largest absolute Gasteiger partial charge is 0.351 e. The second-order valence-corrected chi connectivity index (χ2v) is 7.61. The highest BCUT2D eigenvalue weighted by Crippen LogP contribution is 2.35. The van der Waals surface area contributed by atoms with Crippen molar-refractivity contribution in [2.45, 2.75) is 57.0 Å². The van der Waals surface area contributed by atoms with Crippen LogP contribution in [0.4, 0.5) is 5.95 Å². The molecule has 2 aromatic heterocycles. The number of rotatable bonds is 6. The van der Waals surface area contributed by atoms with E-state index in [1.807, 2.05) is 17.9 Å². The van der Waals surface area contributed by atoms with Crippen molar-refractivity contribution in [2.24, 2.45) is 18.7 Å². The molecule has 0 aliphatic heterocycles. The van der Waals surface area contributed by atoms with Crippen molar-refractivity contribution in [3.05, 3.63) is 24.0 Å². The van der Waals surface area contributed by atoms with Gasteiger partial charge in [0, 0.05) is 30.9 Å². The van der Waals surface area contributed by atoms with Crippen LogP contribution in [0.5, 0.6) is 0 Å². The van der Waals surface area contributed by atoms with Crippen molar-refractivity contribution in [3.8, 4) is 11.4 Å². The van der Waals surface area contributed by atoms with Crippen molar-refractivity contribution in [3.63, 3.8) is 0 Å². The van der Waals surface area contributed by atoms with Gasteiger partial charge in [-0.25, -0.2) is 9.97 Å². The third-order valence-corrected chi connectivity index (χ3v) is 5.49. The van der Waals surface area contributed by atoms with Crippen LogP contribution in [0.25, 0.3) is 17.5 Å². The predicted octanol–water partition coefficient (Wildman–Crippen LogP) is 2.55. The minimum absolute atomic E-state index is 0.331. The highest BCUT2D eigenvalue weighted by molar-refractivity contribution is 5.70. The second-order valence-electron chi connectivity index (χ2n) is 7.61. The maximum atomic E-state index is 6.00. The lowest BCUT2D eigenvalue weighted by atomic mass is 9.92. The van der Waals surface area contributed by atoms with E-state index in [1.54, 1.807) is 6.08 Å². The Balaban J connectivity index is 1.61. The number of nitrogens with two attached hydrogens (primary N) is 1. The van der Waals surface area contributed by atoms with Crippen LogP contribution in [0.2, 0.25) is 0 Å². The predicted molar refractivity (Wildman–Crippen MR) is 102 cm³/mol. The Labute approximate surface area is 154 Å². The van der Waals surface area contributed by atoms with E-state index in [0.717, 1.165) is 60.7 Å². The van der Waals surface area contributed by atoms with E-state index >= 15 is 0 Å². The Bertz CT molecular complexity index is 785. The van der Waals surface area contributed by atoms with E-state index in [4.69, 9.17) is 10.7 Å². The standard InChI is InChI=1S/C19H27N7/c1-3-13-11-21-19(22-15-8-6-14(20)7-9-15)23-17(13)18-16(10-12-4-5-12)26(2)25-24-18/h3,11-12,14-15H,1,4-10,20H2,2H3,(H,21,22,23). The fourth-order valence-corrected chi connectivity index (χ4v) is 3.63. The minimum atomic E-state index is 0.331. The van der Waals surface area contributed by atoms with E-state index < -0.39 is 0 Å². The van der Waals surface area contributed by atoms with Crippen molar-refractivity contribution in [2.75, 3.05) is 5.32 Å². The van der Waals surface area contributed by atoms with Gasteiger partial charge in [-0.15, -0.1) is 5.10 Å². The molecule has 2 aromatic rings. The maximum Gasteiger partial charge on any atom is 0.223 e. The smallest absolute Gasteiger partial charge is 0.223 e. The Morgan fingerprint density at radius 2 is 2.00 bits per heavy atom. The van der Waals surface area contributed by atoms with E-state index in [-0.39, 0.29) is 0 Å². The molecule has 4 rings (SSSR count). The van der Waals surface area contributed by atoms with Crippen molar-refractivity contribution >= 4 is 12.0 Å². The van der Waals surface area contributed by atoms with Gasteiger partial charge in [-0.05, 0) is 50.9 Å². The lowest BCUT2D eigenvalue weighted by Gasteiger charge is -2.26. The van der Waals surface area contributed by atoms with Gasteiger partial charge in [-0.2, -0.15) is 0 Å². The van der Waals surface area contributed by atoms with Gasteiger partial charge < -0.3 is 11.1 Å². The molecule has 2 heterocycles. The molecular formula is C19H27N7. The summed E-state index contributed by atoms with van der Waals surface area (Å²) in [5, 5.41) is 12.1. The molecule has 0 atom stereocenters. The summed E-state index contributed by atoms with van der Waals surface area (Å²) in [5.74, 6) is 1.40. The summed E-state index contributed by atoms with van der Waals surface area (Å²) in [6, 6.07) is 0.710. The van der Waals surface area contributed by atoms with Crippen LogP contribution in [-0.2, 0) is 13.5 Å². The van der Waals surface area contributed by atoms with Gasteiger partial charge in [0.2, 0.25) is 5.95 Å². The maximum absolute atomic E-state index is 6.00. The molecule has 3 N–H and O–H groups in total. The zero-order valence-electron chi connectivity index (χ0n) is 15.4. The Kier molecular flexibility index (Phi) is 4.72. The number of aromatic nitrogens is 5. The number of anilines is 1. The van der Waals surface area contributed by atoms with Crippen molar-refractivity contribution in [1.29, 1.82) is 0 Å². The van der Waals surface area contributed by atoms with Crippen LogP contribution in [0.3, 0.4) is 0 Å². The zero-order valence-corrected chi connectivity index (χ0v) is 15.4. The second kappa shape index (κ2) is 7.15. The molecule has 2 aliphatic rings. The number of aryl methyl sites for hydroxylation is 1. The average Bonchev–Trinajstić information content (AvgIpc) is 3.40. The number of nitrogens with one attached hydrogen (secondary N) is 1. The summed E-state index contributed by atoms with van der Waals surface area (Å²) in [6.07, 6.45) is 11.4. The highest BCUT2D eigenvalue weighted by Gasteiger charge is 2.27. The molecule has 0 amide bonds. The van der Waals surface area contributed by atoms with Crippen molar-refractivity contribution < 1.29 is 0 Å². The molecule has 7 nitrogen and oxygen atoms in total. The lowest BCUT2D eigenvalue weighted by molar-refractivity contribution is 0.410. The summed E-state index contributed by atoms with van der Waals surface area (Å²) >= 11 is 0. The third kappa shape index (κ3) is 3.62. The Morgan fingerprint density at radius 1 is 1.23 bits per heavy atom. The topological polar surface area (TPSA) is 94.5 Å². The summed E-state index contributed by atoms with van der Waals surface area (Å²) in [7, 11) is 1.95. The SMILES string of the molecule is C=Cc1cnc(NC2CCC(N)CC2)nc1-c1nnn(C)c1CC1CC1. The zero-order chi connectivity index (χ0) is 18.1. The molecule has 0 bridgehead atoms. The normalized spacial score (nSPS) is 23.0. The monoisotopic (exact) mass is 353 g/mol. The molecule has 0 saturated heterocycles. The number of hydrogen-bond donors (Lipinski definition) is 2. The van der Waals surface area contributed by atoms with Gasteiger partial charge in [0.25, 0.3) is 0 Å². The fourth-order valence-electron chi connectivity index (χ4n) is 3.63. The molecule has 0 aromatic carbocycles. The molecule has 138 valence electrons. The van der Waals surface area contributed by atoms with E-state index in [1.165, 1.54) is 12.8 Å². The number of nitrogens with zero attached hydrogens (tertiary/aromatic N) is 5. The summed E-state index contributed by atoms with van der Waals surface area (Å²) in [6.45, 7) is 3.91. The van der Waals surface area contributed by atoms with Gasteiger partial charge in [0.05, 0.1) is 5.69 Å². The summed E-state index contributed by atoms with van der Waals surface area (Å²) in [4.78, 5) is 9.27. The molecule has 7 heteroatoms. The van der Waals surface area contributed by atoms with Gasteiger partial charge >= 0.3 is 0 Å². The molecule has 26 heavy (non-hydrogen) atoms. The van der Waals surface area contributed by atoms with E-state index in [0.29, 0.717) is 18.0 Å². The molecule has 0 spiro atoms. The van der Waals surface area contributed by atoms with Crippen LogP contribution in [0, 0.1) is 5.92 Å². The van der Waals surface area contributed by atoms with Gasteiger partial charge in [0.1, 0.15) is 11.4 Å². The van der Waals surface area contributed by atoms with Gasteiger partial charge in [-0.1, -0.05) is 17.9 Å². The van der Waals surface area contributed by atoms with Crippen LogP contribution in [0.15, 0.2) is 12.8 Å². The first-order valence-corrected chi connectivity index (χ1v) is 9.54. The van der Waals surface area contributed by atoms with E-state index in [2.05, 4.69) is 27.2 Å². The van der Waals surface area contributed by atoms with Crippen LogP contribution in [-0.4, -0.2) is 37.0 Å². The Hall–Kier alpha value is -2.28. The molecule has 0 unspecified atom stereocenters. The summed E-state index contributed by atoms with van der Waals surface area (Å²) in [5.41, 5.74) is 9.70. The molecule has 2 saturated carbocycles. The van der Waals surface area contributed by atoms with Crippen LogP contribution in [0.1, 0.15) is 49.8 Å². The van der Waals surface area contributed by atoms with Gasteiger partial charge in [-0.3, -0.25) is 4.68 Å². The van der Waals surface area contributed by atoms with Crippen LogP contribution >= 0.6 is 0 Å². The third-order valence-electron chi connectivity index (χ3n) is 5.49. The Morgan fingerprint density at radius 3 is 2.69 bits per heavy atom. The first kappa shape index (κ1) is 17.1. The molecule has 2 fully saturated rings. The van der Waals surface area contributed by atoms with E-state index in [9.17, 15) is 0 Å². The quantitative estimate of drug-likeness (QED) is 0.829. The molecule has 2 aliphatic carbocycles. The van der Waals surface area contributed by atoms with Crippen molar-refractivity contribution in [1.82, 2.24) is 25.0 Å². The average molecular weight is 353 g/mol. The first-order chi connectivity index (χ1) is 12.6. The fraction of sp³-hybridized carbons (Fsp3) is 0.579. The highest BCUT2D eigenvalue weighted by atomic mass is 15.4. The van der Waals surface area contributed by atoms with Gasteiger partial charge in [0.15, 0.2) is 0 Å². The van der Waals surface area contributed by atoms with Crippen LogP contribution < -0.4 is 11.1 Å². The molecule has 0 radical (unpaired) electrons. The lowest BCUT2D eigenvalue weighted by Crippen LogP contribution is -2.33. The number of hydrogen-bond acceptors (Lipinski definition) is 6. The molecular weight excluding hydrogens is 326 g/mol. The first-order valence-electron chi connectivity index (χ1n) is 9.54. The summed E-state index contributed by atoms with van der Waals surface area (Å²) < 4.78 is 1.87. The minimum Gasteiger partial charge on any atom is -0.351 e.